The molecule has 0 spiro atoms. The Morgan fingerprint density at radius 3 is 2.72 bits per heavy atom. The molecule has 18 heavy (non-hydrogen) atoms. The van der Waals surface area contributed by atoms with E-state index < -0.39 is 0 Å². The fourth-order valence-corrected chi connectivity index (χ4v) is 2.66. The Bertz CT molecular complexity index is 431. The molecule has 4 nitrogen and oxygen atoms in total. The van der Waals surface area contributed by atoms with Crippen molar-refractivity contribution in [3.63, 3.8) is 0 Å². The molecule has 0 atom stereocenters. The first-order chi connectivity index (χ1) is 8.66. The highest BCUT2D eigenvalue weighted by Crippen LogP contribution is 2.29. The van der Waals surface area contributed by atoms with Crippen LogP contribution in [0.5, 0.6) is 0 Å². The highest BCUT2D eigenvalue weighted by atomic mass is 32.1. The third-order valence-corrected chi connectivity index (χ3v) is 3.76. The molecule has 0 aliphatic heterocycles. The highest BCUT2D eigenvalue weighted by molar-refractivity contribution is 7.80. The third-order valence-electron chi connectivity index (χ3n) is 3.48. The van der Waals surface area contributed by atoms with Gasteiger partial charge in [-0.2, -0.15) is 0 Å². The number of hydrogen-bond donors (Lipinski definition) is 2. The van der Waals surface area contributed by atoms with Crippen molar-refractivity contribution in [3.05, 3.63) is 28.3 Å². The molecule has 1 aromatic carbocycles. The van der Waals surface area contributed by atoms with E-state index in [0.717, 1.165) is 6.54 Å². The van der Waals surface area contributed by atoms with E-state index in [-0.39, 0.29) is 10.6 Å². The number of hydrogen-bond acceptors (Lipinski definition) is 4. The first-order valence-electron chi connectivity index (χ1n) is 6.38. The third kappa shape index (κ3) is 3.38. The summed E-state index contributed by atoms with van der Waals surface area (Å²) in [7, 11) is 0. The van der Waals surface area contributed by atoms with Gasteiger partial charge in [0.1, 0.15) is 5.69 Å². The number of benzene rings is 1. The van der Waals surface area contributed by atoms with Crippen molar-refractivity contribution in [1.29, 1.82) is 0 Å². The molecule has 0 amide bonds. The minimum atomic E-state index is -0.358. The summed E-state index contributed by atoms with van der Waals surface area (Å²) in [5.74, 6) is 0.647. The average Bonchev–Trinajstić information content (AvgIpc) is 2.38. The van der Waals surface area contributed by atoms with Crippen molar-refractivity contribution < 1.29 is 4.92 Å². The van der Waals surface area contributed by atoms with Crippen molar-refractivity contribution in [1.82, 2.24) is 0 Å². The number of nitrogens with one attached hydrogen (secondary N) is 1. The summed E-state index contributed by atoms with van der Waals surface area (Å²) >= 11 is 4.13. The van der Waals surface area contributed by atoms with E-state index in [1.165, 1.54) is 38.2 Å². The van der Waals surface area contributed by atoms with Gasteiger partial charge in [0.25, 0.3) is 5.69 Å². The monoisotopic (exact) mass is 266 g/mol. The minimum absolute atomic E-state index is 0.110. The Kier molecular flexibility index (Phi) is 4.47. The zero-order valence-corrected chi connectivity index (χ0v) is 11.2. The van der Waals surface area contributed by atoms with Gasteiger partial charge in [-0.15, -0.1) is 12.6 Å². The Balaban J connectivity index is 2.01. The van der Waals surface area contributed by atoms with Crippen molar-refractivity contribution in [2.75, 3.05) is 11.9 Å². The lowest BCUT2D eigenvalue weighted by Gasteiger charge is -2.22. The maximum absolute atomic E-state index is 11.0. The SMILES string of the molecule is O=[N+]([O-])c1cc(S)ccc1NCC1CCCCC1. The van der Waals surface area contributed by atoms with Crippen LogP contribution in [-0.2, 0) is 0 Å². The maximum atomic E-state index is 11.0. The van der Waals surface area contributed by atoms with Gasteiger partial charge in [-0.1, -0.05) is 19.3 Å². The van der Waals surface area contributed by atoms with Crippen molar-refractivity contribution in [2.24, 2.45) is 5.92 Å². The second-order valence-electron chi connectivity index (χ2n) is 4.84. The lowest BCUT2D eigenvalue weighted by Crippen LogP contribution is -2.17. The molecule has 1 N–H and O–H groups in total. The van der Waals surface area contributed by atoms with E-state index in [0.29, 0.717) is 16.5 Å². The topological polar surface area (TPSA) is 55.2 Å². The summed E-state index contributed by atoms with van der Waals surface area (Å²) in [6, 6.07) is 5.01. The summed E-state index contributed by atoms with van der Waals surface area (Å²) < 4.78 is 0. The predicted octanol–water partition coefficient (Wildman–Crippen LogP) is 3.88. The molecule has 1 saturated carbocycles. The second-order valence-corrected chi connectivity index (χ2v) is 5.36. The number of thiol groups is 1. The molecule has 1 aromatic rings. The lowest BCUT2D eigenvalue weighted by atomic mass is 9.89. The molecule has 0 heterocycles. The fourth-order valence-electron chi connectivity index (χ4n) is 2.47. The molecule has 0 aromatic heterocycles. The van der Waals surface area contributed by atoms with Crippen LogP contribution in [-0.4, -0.2) is 11.5 Å². The molecular weight excluding hydrogens is 248 g/mol. The van der Waals surface area contributed by atoms with Gasteiger partial charge in [0.2, 0.25) is 0 Å². The Labute approximate surface area is 112 Å². The van der Waals surface area contributed by atoms with Gasteiger partial charge in [-0.05, 0) is 30.9 Å². The molecule has 1 aliphatic rings. The van der Waals surface area contributed by atoms with Gasteiger partial charge >= 0.3 is 0 Å². The van der Waals surface area contributed by atoms with E-state index in [4.69, 9.17) is 0 Å². The van der Waals surface area contributed by atoms with Gasteiger partial charge in [0.05, 0.1) is 4.92 Å². The molecule has 0 bridgehead atoms. The predicted molar refractivity (Wildman–Crippen MR) is 75.4 cm³/mol. The van der Waals surface area contributed by atoms with Crippen LogP contribution in [0.15, 0.2) is 23.1 Å². The lowest BCUT2D eigenvalue weighted by molar-refractivity contribution is -0.384. The first-order valence-corrected chi connectivity index (χ1v) is 6.83. The maximum Gasteiger partial charge on any atom is 0.293 e. The van der Waals surface area contributed by atoms with Crippen molar-refractivity contribution in [2.45, 2.75) is 37.0 Å². The second kappa shape index (κ2) is 6.09. The van der Waals surface area contributed by atoms with E-state index in [1.54, 1.807) is 12.1 Å². The molecule has 98 valence electrons. The van der Waals surface area contributed by atoms with Crippen molar-refractivity contribution in [3.8, 4) is 0 Å². The standard InChI is InChI=1S/C13H18N2O2S/c16-15(17)13-8-11(18)6-7-12(13)14-9-10-4-2-1-3-5-10/h6-8,10,14,18H,1-5,9H2. The molecule has 1 fully saturated rings. The summed E-state index contributed by atoms with van der Waals surface area (Å²) in [6.07, 6.45) is 6.34. The highest BCUT2D eigenvalue weighted by Gasteiger charge is 2.17. The van der Waals surface area contributed by atoms with Crippen LogP contribution >= 0.6 is 12.6 Å². The molecule has 0 unspecified atom stereocenters. The van der Waals surface area contributed by atoms with Crippen LogP contribution in [0.2, 0.25) is 0 Å². The first kappa shape index (κ1) is 13.2. The molecule has 0 saturated heterocycles. The van der Waals surface area contributed by atoms with E-state index in [1.807, 2.05) is 0 Å². The normalized spacial score (nSPS) is 16.5. The number of rotatable bonds is 4. The van der Waals surface area contributed by atoms with Crippen LogP contribution in [0.3, 0.4) is 0 Å². The molecule has 0 radical (unpaired) electrons. The number of nitrogens with zero attached hydrogens (tertiary/aromatic N) is 1. The van der Waals surface area contributed by atoms with Gasteiger partial charge in [0, 0.05) is 17.5 Å². The van der Waals surface area contributed by atoms with E-state index >= 15 is 0 Å². The Morgan fingerprint density at radius 2 is 2.06 bits per heavy atom. The van der Waals surface area contributed by atoms with E-state index in [2.05, 4.69) is 17.9 Å². The number of nitro groups is 1. The number of anilines is 1. The zero-order valence-electron chi connectivity index (χ0n) is 10.3. The number of nitro benzene ring substituents is 1. The van der Waals surface area contributed by atoms with Crippen LogP contribution in [0.25, 0.3) is 0 Å². The van der Waals surface area contributed by atoms with Crippen LogP contribution < -0.4 is 5.32 Å². The summed E-state index contributed by atoms with van der Waals surface area (Å²) in [6.45, 7) is 0.826. The Morgan fingerprint density at radius 1 is 1.33 bits per heavy atom. The molecule has 5 heteroatoms. The van der Waals surface area contributed by atoms with Crippen molar-refractivity contribution >= 4 is 24.0 Å². The molecular formula is C13H18N2O2S. The molecule has 1 aliphatic carbocycles. The van der Waals surface area contributed by atoms with Crippen LogP contribution in [0.4, 0.5) is 11.4 Å². The summed E-state index contributed by atoms with van der Waals surface area (Å²) in [5.41, 5.74) is 0.710. The van der Waals surface area contributed by atoms with Gasteiger partial charge in [-0.3, -0.25) is 10.1 Å². The van der Waals surface area contributed by atoms with Crippen LogP contribution in [0.1, 0.15) is 32.1 Å². The minimum Gasteiger partial charge on any atom is -0.379 e. The quantitative estimate of drug-likeness (QED) is 0.494. The smallest absolute Gasteiger partial charge is 0.293 e. The summed E-state index contributed by atoms with van der Waals surface area (Å²) in [5, 5.41) is 14.2. The van der Waals surface area contributed by atoms with E-state index in [9.17, 15) is 10.1 Å². The van der Waals surface area contributed by atoms with Crippen LogP contribution in [0, 0.1) is 16.0 Å². The molecule has 2 rings (SSSR count). The van der Waals surface area contributed by atoms with Gasteiger partial charge < -0.3 is 5.32 Å². The van der Waals surface area contributed by atoms with Gasteiger partial charge in [-0.25, -0.2) is 0 Å². The Hall–Kier alpha value is -1.23. The summed E-state index contributed by atoms with van der Waals surface area (Å²) in [4.78, 5) is 11.2. The average molecular weight is 266 g/mol. The largest absolute Gasteiger partial charge is 0.379 e. The fraction of sp³-hybridized carbons (Fsp3) is 0.538. The van der Waals surface area contributed by atoms with Gasteiger partial charge in [0.15, 0.2) is 0 Å². The zero-order chi connectivity index (χ0) is 13.0.